The number of likely N-dealkylation sites (tertiary alicyclic amines) is 1. The fourth-order valence-corrected chi connectivity index (χ4v) is 5.35. The van der Waals surface area contributed by atoms with Crippen molar-refractivity contribution >= 4 is 22.5 Å². The highest BCUT2D eigenvalue weighted by molar-refractivity contribution is 6.38. The van der Waals surface area contributed by atoms with Crippen LogP contribution < -0.4 is 4.74 Å². The highest BCUT2D eigenvalue weighted by Crippen LogP contribution is 2.41. The normalized spacial score (nSPS) is 14.5. The highest BCUT2D eigenvalue weighted by atomic mass is 35.5. The zero-order valence-electron chi connectivity index (χ0n) is 20.0. The Balaban J connectivity index is 1.40. The Hall–Kier alpha value is -3.15. The molecule has 1 aliphatic heterocycles. The number of nitrogens with zero attached hydrogens (tertiary/aromatic N) is 2. The highest BCUT2D eigenvalue weighted by Gasteiger charge is 2.20. The average Bonchev–Trinajstić information content (AvgIpc) is 3.11. The molecule has 0 saturated carbocycles. The number of hydrogen-bond acceptors (Lipinski definition) is 4. The van der Waals surface area contributed by atoms with Crippen molar-refractivity contribution in [3.8, 4) is 28.5 Å². The van der Waals surface area contributed by atoms with Crippen molar-refractivity contribution in [2.24, 2.45) is 0 Å². The topological polar surface area (TPSA) is 57.9 Å². The lowest BCUT2D eigenvalue weighted by Crippen LogP contribution is -2.33. The minimum absolute atomic E-state index is 0.177. The molecule has 3 aromatic carbocycles. The summed E-state index contributed by atoms with van der Waals surface area (Å²) in [6, 6.07) is 18.8. The van der Waals surface area contributed by atoms with Crippen LogP contribution in [-0.2, 0) is 6.54 Å². The Labute approximate surface area is 211 Å². The minimum Gasteiger partial charge on any atom is -0.508 e. The molecular formula is C29H31ClN2O3. The largest absolute Gasteiger partial charge is 0.508 e. The van der Waals surface area contributed by atoms with Gasteiger partial charge in [0.2, 0.25) is 0 Å². The summed E-state index contributed by atoms with van der Waals surface area (Å²) in [6.45, 7) is 6.59. The van der Waals surface area contributed by atoms with Crippen molar-refractivity contribution in [3.63, 3.8) is 0 Å². The number of ether oxygens (including phenoxy) is 1. The van der Waals surface area contributed by atoms with E-state index >= 15 is 0 Å². The molecular weight excluding hydrogens is 460 g/mol. The smallest absolute Gasteiger partial charge is 0.119 e. The molecule has 0 spiro atoms. The molecule has 1 saturated heterocycles. The monoisotopic (exact) mass is 490 g/mol. The van der Waals surface area contributed by atoms with Crippen LogP contribution in [0.5, 0.6) is 17.2 Å². The third kappa shape index (κ3) is 5.12. The lowest BCUT2D eigenvalue weighted by Gasteiger charge is -2.26. The fourth-order valence-electron chi connectivity index (χ4n) is 4.99. The van der Waals surface area contributed by atoms with Gasteiger partial charge in [-0.3, -0.25) is 4.90 Å². The quantitative estimate of drug-likeness (QED) is 0.306. The second-order valence-electron chi connectivity index (χ2n) is 9.34. The second-order valence-corrected chi connectivity index (χ2v) is 9.72. The van der Waals surface area contributed by atoms with Gasteiger partial charge in [0.15, 0.2) is 0 Å². The summed E-state index contributed by atoms with van der Waals surface area (Å²) in [4.78, 5) is 2.48. The Morgan fingerprint density at radius 2 is 1.60 bits per heavy atom. The number of aromatic hydroxyl groups is 2. The number of fused-ring (bicyclic) bond motifs is 1. The van der Waals surface area contributed by atoms with Crippen LogP contribution in [0.3, 0.4) is 0 Å². The SMILES string of the molecule is Cc1cc(O)ccc1-c1c(Cl)c2cc(O)ccc2n1Cc1ccc(OCCN2CCCCC2)cc1. The third-order valence-electron chi connectivity index (χ3n) is 6.84. The summed E-state index contributed by atoms with van der Waals surface area (Å²) < 4.78 is 8.17. The van der Waals surface area contributed by atoms with E-state index in [1.54, 1.807) is 24.3 Å². The van der Waals surface area contributed by atoms with E-state index in [2.05, 4.69) is 21.6 Å². The van der Waals surface area contributed by atoms with Gasteiger partial charge in [-0.25, -0.2) is 0 Å². The number of aromatic nitrogens is 1. The first-order valence-corrected chi connectivity index (χ1v) is 12.6. The summed E-state index contributed by atoms with van der Waals surface area (Å²) in [5, 5.41) is 21.4. The maximum absolute atomic E-state index is 10.1. The van der Waals surface area contributed by atoms with Gasteiger partial charge in [-0.1, -0.05) is 30.2 Å². The predicted octanol–water partition coefficient (Wildman–Crippen LogP) is 6.59. The molecule has 6 heteroatoms. The fraction of sp³-hybridized carbons (Fsp3) is 0.310. The lowest BCUT2D eigenvalue weighted by atomic mass is 10.0. The van der Waals surface area contributed by atoms with Crippen molar-refractivity contribution in [2.45, 2.75) is 32.7 Å². The van der Waals surface area contributed by atoms with E-state index in [1.807, 2.05) is 31.2 Å². The Morgan fingerprint density at radius 1 is 0.886 bits per heavy atom. The van der Waals surface area contributed by atoms with Gasteiger partial charge in [0.25, 0.3) is 0 Å². The summed E-state index contributed by atoms with van der Waals surface area (Å²) in [6.07, 6.45) is 3.92. The Kier molecular flexibility index (Phi) is 6.89. The summed E-state index contributed by atoms with van der Waals surface area (Å²) in [5.74, 6) is 1.27. The van der Waals surface area contributed by atoms with Crippen LogP contribution in [-0.4, -0.2) is 45.9 Å². The maximum atomic E-state index is 10.1. The molecule has 2 N–H and O–H groups in total. The number of phenolic OH excluding ortho intramolecular Hbond substituents is 2. The molecule has 0 bridgehead atoms. The van der Waals surface area contributed by atoms with Gasteiger partial charge in [-0.05, 0) is 92.5 Å². The molecule has 1 aromatic heterocycles. The first kappa shape index (κ1) is 23.6. The summed E-state index contributed by atoms with van der Waals surface area (Å²) >= 11 is 6.87. The standard InChI is InChI=1S/C29H31ClN2O3/c1-20-17-22(33)7-11-25(20)29-28(30)26-18-23(34)8-12-27(26)32(29)19-21-5-9-24(10-6-21)35-16-15-31-13-3-2-4-14-31/h5-12,17-18,33-34H,2-4,13-16,19H2,1H3. The van der Waals surface area contributed by atoms with E-state index in [9.17, 15) is 10.2 Å². The number of piperidine rings is 1. The third-order valence-corrected chi connectivity index (χ3v) is 7.22. The van der Waals surface area contributed by atoms with E-state index in [0.29, 0.717) is 18.2 Å². The number of rotatable bonds is 7. The molecule has 35 heavy (non-hydrogen) atoms. The molecule has 4 aromatic rings. The maximum Gasteiger partial charge on any atom is 0.119 e. The van der Waals surface area contributed by atoms with Gasteiger partial charge in [0.1, 0.15) is 23.9 Å². The van der Waals surface area contributed by atoms with Gasteiger partial charge in [-0.15, -0.1) is 0 Å². The van der Waals surface area contributed by atoms with Crippen LogP contribution >= 0.6 is 11.6 Å². The molecule has 0 radical (unpaired) electrons. The van der Waals surface area contributed by atoms with Gasteiger partial charge in [0, 0.05) is 24.0 Å². The van der Waals surface area contributed by atoms with Crippen LogP contribution in [0.25, 0.3) is 22.2 Å². The molecule has 182 valence electrons. The number of aryl methyl sites for hydroxylation is 1. The molecule has 0 amide bonds. The van der Waals surface area contributed by atoms with Crippen LogP contribution in [0, 0.1) is 6.92 Å². The molecule has 1 fully saturated rings. The van der Waals surface area contributed by atoms with Crippen LogP contribution in [0.1, 0.15) is 30.4 Å². The molecule has 5 nitrogen and oxygen atoms in total. The zero-order valence-corrected chi connectivity index (χ0v) is 20.8. The number of phenols is 2. The Bertz CT molecular complexity index is 1320. The number of benzene rings is 3. The van der Waals surface area contributed by atoms with Crippen molar-refractivity contribution in [1.82, 2.24) is 9.47 Å². The number of halogens is 1. The van der Waals surface area contributed by atoms with Crippen LogP contribution in [0.15, 0.2) is 60.7 Å². The van der Waals surface area contributed by atoms with Gasteiger partial charge >= 0.3 is 0 Å². The summed E-state index contributed by atoms with van der Waals surface area (Å²) in [7, 11) is 0. The van der Waals surface area contributed by atoms with Gasteiger partial charge in [0.05, 0.1) is 16.2 Å². The predicted molar refractivity (Wildman–Crippen MR) is 142 cm³/mol. The zero-order chi connectivity index (χ0) is 24.4. The van der Waals surface area contributed by atoms with E-state index < -0.39 is 0 Å². The Morgan fingerprint density at radius 3 is 2.34 bits per heavy atom. The van der Waals surface area contributed by atoms with Crippen molar-refractivity contribution in [1.29, 1.82) is 0 Å². The summed E-state index contributed by atoms with van der Waals surface area (Å²) in [5.41, 5.74) is 4.80. The lowest BCUT2D eigenvalue weighted by molar-refractivity contribution is 0.183. The molecule has 0 atom stereocenters. The second kappa shape index (κ2) is 10.2. The van der Waals surface area contributed by atoms with E-state index in [1.165, 1.54) is 32.4 Å². The molecule has 5 rings (SSSR count). The van der Waals surface area contributed by atoms with Crippen LogP contribution in [0.4, 0.5) is 0 Å². The van der Waals surface area contributed by atoms with Crippen molar-refractivity contribution < 1.29 is 14.9 Å². The first-order valence-electron chi connectivity index (χ1n) is 12.2. The van der Waals surface area contributed by atoms with E-state index in [-0.39, 0.29) is 11.5 Å². The molecule has 2 heterocycles. The van der Waals surface area contributed by atoms with Crippen LogP contribution in [0.2, 0.25) is 5.02 Å². The van der Waals surface area contributed by atoms with Crippen molar-refractivity contribution in [3.05, 3.63) is 76.8 Å². The van der Waals surface area contributed by atoms with Crippen molar-refractivity contribution in [2.75, 3.05) is 26.2 Å². The molecule has 1 aliphatic rings. The van der Waals surface area contributed by atoms with Gasteiger partial charge < -0.3 is 19.5 Å². The van der Waals surface area contributed by atoms with E-state index in [0.717, 1.165) is 45.6 Å². The van der Waals surface area contributed by atoms with Gasteiger partial charge in [-0.2, -0.15) is 0 Å². The average molecular weight is 491 g/mol. The first-order chi connectivity index (χ1) is 17.0. The van der Waals surface area contributed by atoms with E-state index in [4.69, 9.17) is 16.3 Å². The molecule has 0 aliphatic carbocycles. The minimum atomic E-state index is 0.177. The molecule has 0 unspecified atom stereocenters. The number of hydrogen-bond donors (Lipinski definition) is 2.